The predicted octanol–water partition coefficient (Wildman–Crippen LogP) is 2.26. The molecule has 7 nitrogen and oxygen atoms in total. The number of amides is 1. The molecule has 0 aliphatic carbocycles. The zero-order chi connectivity index (χ0) is 17.6. The molecule has 8 heteroatoms. The molecule has 0 fully saturated rings. The van der Waals surface area contributed by atoms with Gasteiger partial charge >= 0.3 is 0 Å². The summed E-state index contributed by atoms with van der Waals surface area (Å²) in [5.41, 5.74) is 0.665. The van der Waals surface area contributed by atoms with Gasteiger partial charge in [0.05, 0.1) is 11.9 Å². The smallest absolute Gasteiger partial charge is 0.246 e. The molecule has 1 aromatic heterocycles. The van der Waals surface area contributed by atoms with E-state index >= 15 is 0 Å². The maximum Gasteiger partial charge on any atom is 0.246 e. The second kappa shape index (κ2) is 14.9. The van der Waals surface area contributed by atoms with E-state index < -0.39 is 0 Å². The van der Waals surface area contributed by atoms with Gasteiger partial charge in [-0.05, 0) is 31.4 Å². The Morgan fingerprint density at radius 3 is 2.80 bits per heavy atom. The van der Waals surface area contributed by atoms with Crippen LogP contribution in [0.25, 0.3) is 0 Å². The van der Waals surface area contributed by atoms with Gasteiger partial charge in [0, 0.05) is 32.5 Å². The third-order valence-electron chi connectivity index (χ3n) is 2.88. The minimum atomic E-state index is -0.180. The molecule has 3 N–H and O–H groups in total. The molecule has 0 bridgehead atoms. The summed E-state index contributed by atoms with van der Waals surface area (Å²) in [4.78, 5) is 20.1. The minimum absolute atomic E-state index is 0. The number of carbonyl (C=O) groups is 1. The number of hydrogen-bond donors (Lipinski definition) is 3. The number of halogens is 1. The van der Waals surface area contributed by atoms with Crippen LogP contribution >= 0.6 is 24.0 Å². The van der Waals surface area contributed by atoms with Crippen LogP contribution in [0.1, 0.15) is 27.2 Å². The van der Waals surface area contributed by atoms with Gasteiger partial charge in [0.1, 0.15) is 6.54 Å². The molecular weight excluding hydrogens is 433 g/mol. The zero-order valence-electron chi connectivity index (χ0n) is 15.2. The summed E-state index contributed by atoms with van der Waals surface area (Å²) in [6, 6.07) is 3.56. The summed E-state index contributed by atoms with van der Waals surface area (Å²) in [5.74, 6) is 0.998. The highest BCUT2D eigenvalue weighted by molar-refractivity contribution is 14.0. The molecule has 0 spiro atoms. The molecule has 0 aliphatic heterocycles. The first-order valence-electron chi connectivity index (χ1n) is 8.41. The van der Waals surface area contributed by atoms with Crippen molar-refractivity contribution in [3.05, 3.63) is 24.5 Å². The van der Waals surface area contributed by atoms with Crippen molar-refractivity contribution in [2.24, 2.45) is 10.9 Å². The standard InChI is InChI=1S/C17H29N5O2.HI/c1-4-19-17(20-9-6-10-24-13-14(2)3)21-12-16(23)22-15-7-5-8-18-11-15;/h5,7-8,11,14H,4,6,9-10,12-13H2,1-3H3,(H,22,23)(H2,19,20,21);1H. The number of nitrogens with zero attached hydrogens (tertiary/aromatic N) is 2. The number of hydrogen-bond acceptors (Lipinski definition) is 4. The Morgan fingerprint density at radius 1 is 1.36 bits per heavy atom. The first-order valence-corrected chi connectivity index (χ1v) is 8.41. The number of anilines is 1. The summed E-state index contributed by atoms with van der Waals surface area (Å²) < 4.78 is 5.53. The highest BCUT2D eigenvalue weighted by Gasteiger charge is 2.03. The normalized spacial score (nSPS) is 11.0. The molecule has 142 valence electrons. The van der Waals surface area contributed by atoms with Gasteiger partial charge in [-0.15, -0.1) is 24.0 Å². The average molecular weight is 463 g/mol. The van der Waals surface area contributed by atoms with Crippen LogP contribution in [0, 0.1) is 5.92 Å². The van der Waals surface area contributed by atoms with Gasteiger partial charge in [-0.1, -0.05) is 13.8 Å². The highest BCUT2D eigenvalue weighted by Crippen LogP contribution is 2.01. The molecular formula is C17H30IN5O2. The van der Waals surface area contributed by atoms with Crippen molar-refractivity contribution >= 4 is 41.5 Å². The van der Waals surface area contributed by atoms with E-state index in [1.165, 1.54) is 0 Å². The second-order valence-corrected chi connectivity index (χ2v) is 5.73. The van der Waals surface area contributed by atoms with Crippen LogP contribution in [-0.4, -0.2) is 49.7 Å². The van der Waals surface area contributed by atoms with Crippen LogP contribution in [0.3, 0.4) is 0 Å². The first-order chi connectivity index (χ1) is 11.6. The van der Waals surface area contributed by atoms with E-state index in [1.807, 2.05) is 6.92 Å². The van der Waals surface area contributed by atoms with Gasteiger partial charge in [-0.2, -0.15) is 0 Å². The lowest BCUT2D eigenvalue weighted by molar-refractivity contribution is -0.114. The Bertz CT molecular complexity index is 497. The molecule has 1 aromatic rings. The third kappa shape index (κ3) is 12.6. The molecule has 0 saturated heterocycles. The number of rotatable bonds is 10. The Morgan fingerprint density at radius 2 is 2.16 bits per heavy atom. The molecule has 0 unspecified atom stereocenters. The van der Waals surface area contributed by atoms with Crippen molar-refractivity contribution in [2.75, 3.05) is 38.2 Å². The molecule has 0 saturated carbocycles. The number of pyridine rings is 1. The molecule has 0 aliphatic rings. The largest absolute Gasteiger partial charge is 0.381 e. The molecule has 1 amide bonds. The molecule has 0 radical (unpaired) electrons. The number of carbonyl (C=O) groups excluding carboxylic acids is 1. The first kappa shape index (κ1) is 23.6. The van der Waals surface area contributed by atoms with Crippen molar-refractivity contribution in [3.63, 3.8) is 0 Å². The summed E-state index contributed by atoms with van der Waals surface area (Å²) >= 11 is 0. The quantitative estimate of drug-likeness (QED) is 0.215. The molecule has 1 rings (SSSR count). The Hall–Kier alpha value is -1.42. The SMILES string of the molecule is CCNC(=NCC(=O)Nc1cccnc1)NCCCOCC(C)C.I. The number of guanidine groups is 1. The Labute approximate surface area is 167 Å². The zero-order valence-corrected chi connectivity index (χ0v) is 17.6. The summed E-state index contributed by atoms with van der Waals surface area (Å²) in [7, 11) is 0. The number of ether oxygens (including phenoxy) is 1. The fourth-order valence-electron chi connectivity index (χ4n) is 1.83. The van der Waals surface area contributed by atoms with E-state index in [0.717, 1.165) is 26.1 Å². The monoisotopic (exact) mass is 463 g/mol. The summed E-state index contributed by atoms with van der Waals surface area (Å²) in [6.07, 6.45) is 4.15. The van der Waals surface area contributed by atoms with Crippen molar-refractivity contribution in [1.82, 2.24) is 15.6 Å². The van der Waals surface area contributed by atoms with Crippen molar-refractivity contribution in [2.45, 2.75) is 27.2 Å². The number of aliphatic imine (C=N–C) groups is 1. The van der Waals surface area contributed by atoms with Gasteiger partial charge < -0.3 is 20.7 Å². The van der Waals surface area contributed by atoms with E-state index in [2.05, 4.69) is 39.8 Å². The van der Waals surface area contributed by atoms with Crippen LogP contribution in [0.5, 0.6) is 0 Å². The van der Waals surface area contributed by atoms with Gasteiger partial charge in [0.2, 0.25) is 5.91 Å². The van der Waals surface area contributed by atoms with Gasteiger partial charge in [-0.25, -0.2) is 4.99 Å². The number of aromatic nitrogens is 1. The fourth-order valence-corrected chi connectivity index (χ4v) is 1.83. The lowest BCUT2D eigenvalue weighted by Gasteiger charge is -2.12. The molecule has 1 heterocycles. The third-order valence-corrected chi connectivity index (χ3v) is 2.88. The average Bonchev–Trinajstić information content (AvgIpc) is 2.56. The minimum Gasteiger partial charge on any atom is -0.381 e. The maximum atomic E-state index is 11.9. The summed E-state index contributed by atoms with van der Waals surface area (Å²) in [6.45, 7) is 9.27. The lowest BCUT2D eigenvalue weighted by atomic mass is 10.2. The molecule has 0 atom stereocenters. The van der Waals surface area contributed by atoms with E-state index in [9.17, 15) is 4.79 Å². The predicted molar refractivity (Wildman–Crippen MR) is 113 cm³/mol. The van der Waals surface area contributed by atoms with Crippen LogP contribution in [0.2, 0.25) is 0 Å². The lowest BCUT2D eigenvalue weighted by Crippen LogP contribution is -2.38. The van der Waals surface area contributed by atoms with Crippen LogP contribution in [0.15, 0.2) is 29.5 Å². The van der Waals surface area contributed by atoms with Gasteiger partial charge in [0.15, 0.2) is 5.96 Å². The van der Waals surface area contributed by atoms with Crippen molar-refractivity contribution in [1.29, 1.82) is 0 Å². The Kier molecular flexibility index (Phi) is 14.0. The second-order valence-electron chi connectivity index (χ2n) is 5.73. The maximum absolute atomic E-state index is 11.9. The molecule has 25 heavy (non-hydrogen) atoms. The number of nitrogens with one attached hydrogen (secondary N) is 3. The van der Waals surface area contributed by atoms with Crippen LogP contribution < -0.4 is 16.0 Å². The van der Waals surface area contributed by atoms with E-state index in [4.69, 9.17) is 4.74 Å². The highest BCUT2D eigenvalue weighted by atomic mass is 127. The van der Waals surface area contributed by atoms with E-state index in [1.54, 1.807) is 24.5 Å². The fraction of sp³-hybridized carbons (Fsp3) is 0.588. The van der Waals surface area contributed by atoms with E-state index in [-0.39, 0.29) is 36.4 Å². The Balaban J connectivity index is 0.00000576. The van der Waals surface area contributed by atoms with Crippen LogP contribution in [0.4, 0.5) is 5.69 Å². The summed E-state index contributed by atoms with van der Waals surface area (Å²) in [5, 5.41) is 9.06. The van der Waals surface area contributed by atoms with Crippen molar-refractivity contribution < 1.29 is 9.53 Å². The van der Waals surface area contributed by atoms with Crippen LogP contribution in [-0.2, 0) is 9.53 Å². The van der Waals surface area contributed by atoms with Gasteiger partial charge in [-0.3, -0.25) is 9.78 Å². The topological polar surface area (TPSA) is 87.6 Å². The van der Waals surface area contributed by atoms with Gasteiger partial charge in [0.25, 0.3) is 0 Å². The van der Waals surface area contributed by atoms with Crippen molar-refractivity contribution in [3.8, 4) is 0 Å². The van der Waals surface area contributed by atoms with E-state index in [0.29, 0.717) is 24.2 Å². The molecule has 0 aromatic carbocycles.